The van der Waals surface area contributed by atoms with Gasteiger partial charge in [0.05, 0.1) is 5.75 Å². The summed E-state index contributed by atoms with van der Waals surface area (Å²) in [5.74, 6) is 0.442. The molecule has 0 radical (unpaired) electrons. The van der Waals surface area contributed by atoms with Crippen molar-refractivity contribution in [2.45, 2.75) is 31.3 Å². The first-order chi connectivity index (χ1) is 15.6. The van der Waals surface area contributed by atoms with Crippen LogP contribution in [0.1, 0.15) is 27.3 Å². The third-order valence-electron chi connectivity index (χ3n) is 5.44. The van der Waals surface area contributed by atoms with Crippen LogP contribution >= 0.6 is 23.1 Å². The number of thioether (sulfide) groups is 1. The molecule has 0 saturated heterocycles. The van der Waals surface area contributed by atoms with Gasteiger partial charge in [0, 0.05) is 47.4 Å². The Morgan fingerprint density at radius 1 is 1.22 bits per heavy atom. The smallest absolute Gasteiger partial charge is 0.244 e. The van der Waals surface area contributed by atoms with Crippen molar-refractivity contribution in [2.24, 2.45) is 0 Å². The Kier molecular flexibility index (Phi) is 7.39. The molecule has 164 valence electrons. The summed E-state index contributed by atoms with van der Waals surface area (Å²) < 4.78 is 0. The van der Waals surface area contributed by atoms with Gasteiger partial charge in [-0.2, -0.15) is 0 Å². The van der Waals surface area contributed by atoms with Gasteiger partial charge >= 0.3 is 0 Å². The first-order valence-corrected chi connectivity index (χ1v) is 12.4. The maximum Gasteiger partial charge on any atom is 0.244 e. The van der Waals surface area contributed by atoms with E-state index in [0.717, 1.165) is 33.0 Å². The highest BCUT2D eigenvalue weighted by atomic mass is 32.2. The number of hydrogen-bond acceptors (Lipinski definition) is 5. The van der Waals surface area contributed by atoms with Crippen LogP contribution in [0.15, 0.2) is 65.0 Å². The number of pyridine rings is 1. The third kappa shape index (κ3) is 5.66. The summed E-state index contributed by atoms with van der Waals surface area (Å²) in [4.78, 5) is 33.6. The van der Waals surface area contributed by atoms with Crippen molar-refractivity contribution >= 4 is 41.0 Å². The number of thiophene rings is 1. The van der Waals surface area contributed by atoms with Crippen LogP contribution in [0.2, 0.25) is 0 Å². The number of aryl methyl sites for hydroxylation is 1. The van der Waals surface area contributed by atoms with E-state index in [1.54, 1.807) is 29.2 Å². The largest absolute Gasteiger partial charge is 0.348 e. The number of carbonyl (C=O) groups excluding carboxylic acids is 2. The number of nitrogens with one attached hydrogen (secondary N) is 1. The molecule has 7 heteroatoms. The lowest BCUT2D eigenvalue weighted by molar-refractivity contribution is -0.129. The number of amides is 2. The number of nitrogens with zero attached hydrogens (tertiary/aromatic N) is 2. The van der Waals surface area contributed by atoms with Gasteiger partial charge in [-0.15, -0.1) is 23.1 Å². The van der Waals surface area contributed by atoms with Gasteiger partial charge in [-0.3, -0.25) is 14.6 Å². The number of aromatic nitrogens is 1. The fourth-order valence-electron chi connectivity index (χ4n) is 3.70. The van der Waals surface area contributed by atoms with Gasteiger partial charge in [0.1, 0.15) is 0 Å². The number of fused-ring (bicyclic) bond motifs is 1. The summed E-state index contributed by atoms with van der Waals surface area (Å²) in [7, 11) is 0. The summed E-state index contributed by atoms with van der Waals surface area (Å²) in [6.45, 7) is 3.66. The summed E-state index contributed by atoms with van der Waals surface area (Å²) in [6, 6.07) is 13.9. The molecule has 0 fully saturated rings. The molecule has 0 saturated carbocycles. The monoisotopic (exact) mass is 463 g/mol. The van der Waals surface area contributed by atoms with Crippen LogP contribution < -0.4 is 5.32 Å². The number of hydrogen-bond donors (Lipinski definition) is 1. The predicted molar refractivity (Wildman–Crippen MR) is 130 cm³/mol. The summed E-state index contributed by atoms with van der Waals surface area (Å²) >= 11 is 3.16. The maximum atomic E-state index is 12.7. The summed E-state index contributed by atoms with van der Waals surface area (Å²) in [5, 5.41) is 4.96. The summed E-state index contributed by atoms with van der Waals surface area (Å²) in [5.41, 5.74) is 4.26. The Hall–Kier alpha value is -2.90. The Balaban J connectivity index is 1.37. The lowest BCUT2D eigenvalue weighted by atomic mass is 9.95. The van der Waals surface area contributed by atoms with Gasteiger partial charge in [-0.1, -0.05) is 24.3 Å². The fourth-order valence-corrected chi connectivity index (χ4v) is 5.14. The van der Waals surface area contributed by atoms with Gasteiger partial charge in [0.2, 0.25) is 11.8 Å². The number of rotatable bonds is 7. The summed E-state index contributed by atoms with van der Waals surface area (Å²) in [6.07, 6.45) is 6.03. The highest BCUT2D eigenvalue weighted by Crippen LogP contribution is 2.25. The molecule has 2 aromatic heterocycles. The van der Waals surface area contributed by atoms with E-state index in [2.05, 4.69) is 10.3 Å². The minimum absolute atomic E-state index is 0.124. The Labute approximate surface area is 196 Å². The van der Waals surface area contributed by atoms with E-state index < -0.39 is 0 Å². The number of carbonyl (C=O) groups is 2. The van der Waals surface area contributed by atoms with Crippen molar-refractivity contribution in [2.75, 3.05) is 12.3 Å². The fraction of sp³-hybridized carbons (Fsp3) is 0.240. The van der Waals surface area contributed by atoms with E-state index in [-0.39, 0.29) is 11.8 Å². The lowest BCUT2D eigenvalue weighted by Crippen LogP contribution is -2.38. The molecule has 1 aliphatic rings. The Bertz CT molecular complexity index is 1110. The van der Waals surface area contributed by atoms with Crippen molar-refractivity contribution in [3.63, 3.8) is 0 Å². The van der Waals surface area contributed by atoms with E-state index in [4.69, 9.17) is 0 Å². The highest BCUT2D eigenvalue weighted by Gasteiger charge is 2.24. The molecular formula is C25H25N3O2S2. The van der Waals surface area contributed by atoms with Crippen LogP contribution in [0.5, 0.6) is 0 Å². The first kappa shape index (κ1) is 22.3. The van der Waals surface area contributed by atoms with Gasteiger partial charge in [0.15, 0.2) is 0 Å². The zero-order chi connectivity index (χ0) is 22.3. The quantitative estimate of drug-likeness (QED) is 0.415. The van der Waals surface area contributed by atoms with Crippen LogP contribution in [0.25, 0.3) is 6.08 Å². The van der Waals surface area contributed by atoms with E-state index in [1.165, 1.54) is 5.56 Å². The number of benzene rings is 1. The van der Waals surface area contributed by atoms with Crippen LogP contribution in [0.4, 0.5) is 0 Å². The molecule has 1 aliphatic heterocycles. The zero-order valence-corrected chi connectivity index (χ0v) is 19.5. The second-order valence-electron chi connectivity index (χ2n) is 7.56. The predicted octanol–water partition coefficient (Wildman–Crippen LogP) is 4.46. The molecule has 1 aromatic carbocycles. The average Bonchev–Trinajstić information content (AvgIpc) is 3.34. The minimum atomic E-state index is -0.124. The molecule has 4 rings (SSSR count). The topological polar surface area (TPSA) is 62.3 Å². The molecule has 3 heterocycles. The van der Waals surface area contributed by atoms with Crippen molar-refractivity contribution in [3.05, 3.63) is 87.4 Å². The molecule has 32 heavy (non-hydrogen) atoms. The van der Waals surface area contributed by atoms with Crippen molar-refractivity contribution < 1.29 is 9.59 Å². The molecule has 0 atom stereocenters. The minimum Gasteiger partial charge on any atom is -0.348 e. The molecule has 1 N–H and O–H groups in total. The van der Waals surface area contributed by atoms with Crippen molar-refractivity contribution in [1.29, 1.82) is 0 Å². The molecule has 3 aromatic rings. The standard InChI is InChI=1S/C25H25N3O2S2/c1-18-23(15-27-24(29)10-9-21-8-5-13-31-21)22-11-12-28(16-19(22)14-26-18)25(30)17-32-20-6-3-2-4-7-20/h2-10,13-14H,11-12,15-17H2,1H3,(H,27,29)/b10-9+. The SMILES string of the molecule is Cc1ncc2c(c1CNC(=O)/C=C/c1cccs1)CCN(C(=O)CSc1ccccc1)C2. The van der Waals surface area contributed by atoms with Gasteiger partial charge < -0.3 is 10.2 Å². The van der Waals surface area contributed by atoms with E-state index in [0.29, 0.717) is 25.4 Å². The molecule has 5 nitrogen and oxygen atoms in total. The second-order valence-corrected chi connectivity index (χ2v) is 9.59. The Morgan fingerprint density at radius 3 is 2.84 bits per heavy atom. The zero-order valence-electron chi connectivity index (χ0n) is 17.9. The van der Waals surface area contributed by atoms with Crippen LogP contribution in [-0.2, 0) is 29.1 Å². The molecule has 0 spiro atoms. The third-order valence-corrected chi connectivity index (χ3v) is 7.27. The van der Waals surface area contributed by atoms with Gasteiger partial charge in [-0.05, 0) is 59.7 Å². The first-order valence-electron chi connectivity index (χ1n) is 10.5. The van der Waals surface area contributed by atoms with Crippen LogP contribution in [0, 0.1) is 6.92 Å². The molecule has 0 aliphatic carbocycles. The maximum absolute atomic E-state index is 12.7. The van der Waals surface area contributed by atoms with E-state index >= 15 is 0 Å². The average molecular weight is 464 g/mol. The molecule has 0 bridgehead atoms. The van der Waals surface area contributed by atoms with Crippen LogP contribution in [0.3, 0.4) is 0 Å². The van der Waals surface area contributed by atoms with Gasteiger partial charge in [0.25, 0.3) is 0 Å². The Morgan fingerprint density at radius 2 is 2.06 bits per heavy atom. The van der Waals surface area contributed by atoms with Crippen LogP contribution in [-0.4, -0.2) is 34.0 Å². The van der Waals surface area contributed by atoms with Crippen molar-refractivity contribution in [1.82, 2.24) is 15.2 Å². The second kappa shape index (κ2) is 10.6. The molecular weight excluding hydrogens is 438 g/mol. The normalized spacial score (nSPS) is 13.2. The van der Waals surface area contributed by atoms with E-state index in [9.17, 15) is 9.59 Å². The molecule has 2 amide bonds. The van der Waals surface area contributed by atoms with Gasteiger partial charge in [-0.25, -0.2) is 0 Å². The van der Waals surface area contributed by atoms with E-state index in [1.807, 2.05) is 71.9 Å². The van der Waals surface area contributed by atoms with Crippen molar-refractivity contribution in [3.8, 4) is 0 Å². The lowest BCUT2D eigenvalue weighted by Gasteiger charge is -2.30. The molecule has 0 unspecified atom stereocenters. The highest BCUT2D eigenvalue weighted by molar-refractivity contribution is 8.00.